The van der Waals surface area contributed by atoms with Crippen molar-refractivity contribution in [3.8, 4) is 0 Å². The first-order valence-corrected chi connectivity index (χ1v) is 9.73. The molecule has 2 aliphatic heterocycles. The third-order valence-corrected chi connectivity index (χ3v) is 6.11. The standard InChI is InChI=1S/C12H18O3.C3H10O3Si/c1-3-7-11(9(5-1)13-11)15-12-8-4-2-6-10(12)14-12;1-4-7(5-2)6-3/h9-10H,1-8H2;7H,1-3H3. The van der Waals surface area contributed by atoms with E-state index < -0.39 is 9.53 Å². The van der Waals surface area contributed by atoms with Crippen LogP contribution in [0.5, 0.6) is 0 Å². The van der Waals surface area contributed by atoms with Crippen molar-refractivity contribution < 1.29 is 27.5 Å². The van der Waals surface area contributed by atoms with Crippen molar-refractivity contribution in [2.24, 2.45) is 0 Å². The first-order valence-electron chi connectivity index (χ1n) is 8.32. The van der Waals surface area contributed by atoms with Gasteiger partial charge in [0.25, 0.3) is 0 Å². The topological polar surface area (TPSA) is 62.0 Å². The summed E-state index contributed by atoms with van der Waals surface area (Å²) in [6, 6.07) is 0. The fourth-order valence-corrected chi connectivity index (χ4v) is 4.25. The van der Waals surface area contributed by atoms with Gasteiger partial charge in [0.1, 0.15) is 12.2 Å². The second kappa shape index (κ2) is 6.84. The highest BCUT2D eigenvalue weighted by atomic mass is 28.3. The van der Waals surface area contributed by atoms with E-state index in [1.807, 2.05) is 0 Å². The van der Waals surface area contributed by atoms with E-state index in [0.717, 1.165) is 12.8 Å². The molecule has 0 amide bonds. The molecular weight excluding hydrogens is 304 g/mol. The lowest BCUT2D eigenvalue weighted by atomic mass is 9.95. The molecule has 0 aromatic heterocycles. The van der Waals surface area contributed by atoms with E-state index in [4.69, 9.17) is 27.5 Å². The van der Waals surface area contributed by atoms with Crippen LogP contribution in [0.3, 0.4) is 0 Å². The lowest BCUT2D eigenvalue weighted by molar-refractivity contribution is -0.159. The van der Waals surface area contributed by atoms with Gasteiger partial charge >= 0.3 is 9.53 Å². The second-order valence-corrected chi connectivity index (χ2v) is 8.42. The Kier molecular flexibility index (Phi) is 5.23. The number of hydrogen-bond acceptors (Lipinski definition) is 6. The molecule has 128 valence electrons. The maximum absolute atomic E-state index is 6.21. The minimum absolute atomic E-state index is 0.218. The van der Waals surface area contributed by atoms with Crippen LogP contribution in [0.15, 0.2) is 0 Å². The van der Waals surface area contributed by atoms with Crippen LogP contribution >= 0.6 is 0 Å². The fraction of sp³-hybridized carbons (Fsp3) is 1.00. The van der Waals surface area contributed by atoms with E-state index in [2.05, 4.69) is 0 Å². The average Bonchev–Trinajstić information content (AvgIpc) is 3.42. The molecule has 4 fully saturated rings. The van der Waals surface area contributed by atoms with Gasteiger partial charge in [-0.3, -0.25) is 0 Å². The molecule has 7 heteroatoms. The molecule has 0 radical (unpaired) electrons. The summed E-state index contributed by atoms with van der Waals surface area (Å²) >= 11 is 0. The molecule has 2 saturated carbocycles. The van der Waals surface area contributed by atoms with E-state index in [0.29, 0.717) is 12.2 Å². The minimum atomic E-state index is -1.67. The summed E-state index contributed by atoms with van der Waals surface area (Å²) in [5, 5.41) is 0. The van der Waals surface area contributed by atoms with Crippen molar-refractivity contribution in [1.82, 2.24) is 0 Å². The lowest BCUT2D eigenvalue weighted by Gasteiger charge is -2.24. The van der Waals surface area contributed by atoms with E-state index in [1.165, 1.54) is 38.5 Å². The molecule has 2 aliphatic carbocycles. The molecule has 0 bridgehead atoms. The molecule has 4 atom stereocenters. The molecule has 4 unspecified atom stereocenters. The van der Waals surface area contributed by atoms with Crippen molar-refractivity contribution in [2.45, 2.75) is 75.1 Å². The van der Waals surface area contributed by atoms with Gasteiger partial charge in [0.2, 0.25) is 0 Å². The Balaban J connectivity index is 0.000000178. The Bertz CT molecular complexity index is 346. The van der Waals surface area contributed by atoms with E-state index in [-0.39, 0.29) is 11.6 Å². The highest BCUT2D eigenvalue weighted by Crippen LogP contribution is 2.58. The monoisotopic (exact) mass is 332 g/mol. The van der Waals surface area contributed by atoms with E-state index in [9.17, 15) is 0 Å². The number of ether oxygens (including phenoxy) is 3. The molecule has 0 N–H and O–H groups in total. The average molecular weight is 332 g/mol. The highest BCUT2D eigenvalue weighted by molar-refractivity contribution is 6.36. The minimum Gasteiger partial charge on any atom is -0.379 e. The molecule has 6 nitrogen and oxygen atoms in total. The lowest BCUT2D eigenvalue weighted by Crippen LogP contribution is -2.34. The normalized spacial score (nSPS) is 42.0. The van der Waals surface area contributed by atoms with E-state index >= 15 is 0 Å². The van der Waals surface area contributed by atoms with Gasteiger partial charge in [-0.25, -0.2) is 0 Å². The van der Waals surface area contributed by atoms with Crippen LogP contribution in [-0.2, 0) is 27.5 Å². The molecular formula is C15H28O6Si. The largest absolute Gasteiger partial charge is 0.483 e. The zero-order valence-electron chi connectivity index (χ0n) is 13.8. The summed E-state index contributed by atoms with van der Waals surface area (Å²) in [6.45, 7) is 0. The van der Waals surface area contributed by atoms with Crippen LogP contribution in [-0.4, -0.2) is 54.6 Å². The summed E-state index contributed by atoms with van der Waals surface area (Å²) < 4.78 is 32.0. The molecule has 0 aromatic carbocycles. The summed E-state index contributed by atoms with van der Waals surface area (Å²) in [5.74, 6) is -0.436. The van der Waals surface area contributed by atoms with Gasteiger partial charge in [-0.05, 0) is 25.7 Å². The SMILES string of the molecule is C1CCC2(OC34CCCCC3O4)OC2C1.CO[SiH](OC)OC. The van der Waals surface area contributed by atoms with Crippen LogP contribution < -0.4 is 0 Å². The van der Waals surface area contributed by atoms with Gasteiger partial charge in [0.05, 0.1) is 0 Å². The molecule has 22 heavy (non-hydrogen) atoms. The Labute approximate surface area is 134 Å². The maximum atomic E-state index is 6.21. The zero-order valence-corrected chi connectivity index (χ0v) is 15.0. The summed E-state index contributed by atoms with van der Waals surface area (Å²) in [6.07, 6.45) is 10.4. The van der Waals surface area contributed by atoms with Crippen LogP contribution in [0.25, 0.3) is 0 Å². The fourth-order valence-electron chi connectivity index (χ4n) is 3.68. The number of hydrogen-bond donors (Lipinski definition) is 0. The Morgan fingerprint density at radius 2 is 1.23 bits per heavy atom. The van der Waals surface area contributed by atoms with Crippen molar-refractivity contribution >= 4 is 9.53 Å². The third kappa shape index (κ3) is 3.40. The Hall–Kier alpha value is -0.0231. The molecule has 2 saturated heterocycles. The van der Waals surface area contributed by atoms with Crippen LogP contribution in [0.4, 0.5) is 0 Å². The van der Waals surface area contributed by atoms with Gasteiger partial charge in [0, 0.05) is 34.2 Å². The molecule has 2 heterocycles. The third-order valence-electron chi connectivity index (χ3n) is 4.96. The highest BCUT2D eigenvalue weighted by Gasteiger charge is 2.69. The van der Waals surface area contributed by atoms with Crippen LogP contribution in [0.2, 0.25) is 0 Å². The quantitative estimate of drug-likeness (QED) is 0.567. The zero-order chi connectivity index (χ0) is 15.6. The van der Waals surface area contributed by atoms with Crippen molar-refractivity contribution in [3.63, 3.8) is 0 Å². The smallest absolute Gasteiger partial charge is 0.379 e. The predicted octanol–water partition coefficient (Wildman–Crippen LogP) is 1.98. The second-order valence-electron chi connectivity index (χ2n) is 6.43. The van der Waals surface area contributed by atoms with Crippen molar-refractivity contribution in [3.05, 3.63) is 0 Å². The van der Waals surface area contributed by atoms with Crippen molar-refractivity contribution in [1.29, 1.82) is 0 Å². The summed E-state index contributed by atoms with van der Waals surface area (Å²) in [5.41, 5.74) is 0. The molecule has 0 aromatic rings. The Morgan fingerprint density at radius 1 is 0.773 bits per heavy atom. The maximum Gasteiger partial charge on any atom is 0.483 e. The summed E-state index contributed by atoms with van der Waals surface area (Å²) in [4.78, 5) is 0. The first-order chi connectivity index (χ1) is 10.7. The molecule has 4 rings (SSSR count). The Morgan fingerprint density at radius 3 is 1.55 bits per heavy atom. The van der Waals surface area contributed by atoms with Gasteiger partial charge in [-0.2, -0.15) is 0 Å². The number of rotatable bonds is 5. The summed E-state index contributed by atoms with van der Waals surface area (Å²) in [7, 11) is 3.05. The molecule has 0 spiro atoms. The van der Waals surface area contributed by atoms with Gasteiger partial charge < -0.3 is 27.5 Å². The van der Waals surface area contributed by atoms with E-state index in [1.54, 1.807) is 21.3 Å². The van der Waals surface area contributed by atoms with Gasteiger partial charge in [-0.15, -0.1) is 0 Å². The first kappa shape index (κ1) is 16.8. The van der Waals surface area contributed by atoms with Gasteiger partial charge in [-0.1, -0.05) is 12.8 Å². The van der Waals surface area contributed by atoms with Gasteiger partial charge in [0.15, 0.2) is 11.6 Å². The molecule has 4 aliphatic rings. The predicted molar refractivity (Wildman–Crippen MR) is 81.4 cm³/mol. The number of fused-ring (bicyclic) bond motifs is 2. The number of epoxide rings is 2. The van der Waals surface area contributed by atoms with Crippen LogP contribution in [0.1, 0.15) is 51.4 Å². The van der Waals surface area contributed by atoms with Crippen LogP contribution in [0, 0.1) is 0 Å². The van der Waals surface area contributed by atoms with Crippen molar-refractivity contribution in [2.75, 3.05) is 21.3 Å².